The Morgan fingerprint density at radius 1 is 1.40 bits per heavy atom. The average molecular weight is 344 g/mol. The Hall–Kier alpha value is -2.45. The van der Waals surface area contributed by atoms with Crippen LogP contribution in [0.5, 0.6) is 0 Å². The van der Waals surface area contributed by atoms with E-state index in [2.05, 4.69) is 15.0 Å². The predicted molar refractivity (Wildman–Crippen MR) is 93.9 cm³/mol. The number of nitrogens with zero attached hydrogens (tertiary/aromatic N) is 5. The quantitative estimate of drug-likeness (QED) is 0.871. The van der Waals surface area contributed by atoms with Crippen molar-refractivity contribution in [2.75, 3.05) is 39.5 Å². The molecule has 2 aromatic rings. The normalized spacial score (nSPS) is 20.9. The second-order valence-corrected chi connectivity index (χ2v) is 6.53. The molecule has 1 amide bonds. The summed E-state index contributed by atoms with van der Waals surface area (Å²) in [6, 6.07) is 3.15. The Morgan fingerprint density at radius 2 is 2.20 bits per heavy atom. The van der Waals surface area contributed by atoms with Crippen LogP contribution in [0.25, 0.3) is 0 Å². The Morgan fingerprint density at radius 3 is 2.80 bits per heavy atom. The number of ether oxygens (including phenoxy) is 1. The molecule has 0 unspecified atom stereocenters. The first-order valence-electron chi connectivity index (χ1n) is 8.23. The smallest absolute Gasteiger partial charge is 0.256 e. The molecule has 1 aliphatic heterocycles. The topological polar surface area (TPSA) is 89.5 Å². The van der Waals surface area contributed by atoms with E-state index in [0.29, 0.717) is 31.1 Å². The maximum Gasteiger partial charge on any atom is 0.256 e. The number of hydrogen-bond donors (Lipinski definition) is 1. The molecule has 2 atom stereocenters. The fourth-order valence-corrected chi connectivity index (χ4v) is 3.16. The van der Waals surface area contributed by atoms with E-state index in [4.69, 9.17) is 10.5 Å². The zero-order valence-electron chi connectivity index (χ0n) is 14.8. The number of hydrogen-bond acceptors (Lipinski definition) is 6. The van der Waals surface area contributed by atoms with Gasteiger partial charge in [0.2, 0.25) is 0 Å². The lowest BCUT2D eigenvalue weighted by atomic mass is 9.99. The number of likely N-dealkylation sites (N-methyl/N-ethyl adjacent to an activating group) is 1. The summed E-state index contributed by atoms with van der Waals surface area (Å²) in [7, 11) is 5.85. The highest BCUT2D eigenvalue weighted by atomic mass is 16.5. The largest absolute Gasteiger partial charge is 0.384 e. The fourth-order valence-electron chi connectivity index (χ4n) is 3.16. The molecule has 1 fully saturated rings. The molecule has 8 heteroatoms. The van der Waals surface area contributed by atoms with E-state index < -0.39 is 0 Å². The third kappa shape index (κ3) is 3.80. The molecule has 25 heavy (non-hydrogen) atoms. The summed E-state index contributed by atoms with van der Waals surface area (Å²) >= 11 is 0. The summed E-state index contributed by atoms with van der Waals surface area (Å²) in [6.07, 6.45) is 5.13. The van der Waals surface area contributed by atoms with Crippen molar-refractivity contribution in [2.45, 2.75) is 12.1 Å². The van der Waals surface area contributed by atoms with E-state index >= 15 is 0 Å². The number of aromatic nitrogens is 3. The van der Waals surface area contributed by atoms with Crippen molar-refractivity contribution < 1.29 is 9.53 Å². The van der Waals surface area contributed by atoms with E-state index in [1.165, 1.54) is 6.20 Å². The molecule has 0 aliphatic carbocycles. The lowest BCUT2D eigenvalue weighted by Gasteiger charge is -2.41. The molecule has 3 rings (SSSR count). The van der Waals surface area contributed by atoms with E-state index in [9.17, 15) is 4.79 Å². The molecule has 2 aromatic heterocycles. The number of morpholine rings is 1. The number of aryl methyl sites for hydroxylation is 1. The van der Waals surface area contributed by atoms with Gasteiger partial charge in [0.1, 0.15) is 5.82 Å². The summed E-state index contributed by atoms with van der Waals surface area (Å²) in [4.78, 5) is 21.0. The summed E-state index contributed by atoms with van der Waals surface area (Å²) in [6.45, 7) is 1.74. The highest BCUT2D eigenvalue weighted by molar-refractivity contribution is 5.94. The van der Waals surface area contributed by atoms with Crippen LogP contribution >= 0.6 is 0 Å². The molecular weight excluding hydrogens is 320 g/mol. The van der Waals surface area contributed by atoms with Gasteiger partial charge in [0.05, 0.1) is 30.5 Å². The lowest BCUT2D eigenvalue weighted by Crippen LogP contribution is -2.51. The molecule has 0 bridgehead atoms. The summed E-state index contributed by atoms with van der Waals surface area (Å²) in [5.41, 5.74) is 7.12. The molecule has 2 N–H and O–H groups in total. The highest BCUT2D eigenvalue weighted by Crippen LogP contribution is 2.31. The third-order valence-electron chi connectivity index (χ3n) is 4.26. The standard InChI is InChI=1S/C17H24N6O2/c1-21(2)11-14-16(13-9-20-22(3)10-13)23(6-7-25-14)17(24)12-4-5-15(18)19-8-12/h4-5,8-10,14,16H,6-7,11H2,1-3H3,(H2,18,19)/t14-,16-/m0/s1. The van der Waals surface area contributed by atoms with Crippen LogP contribution in [0.15, 0.2) is 30.7 Å². The number of amides is 1. The van der Waals surface area contributed by atoms with Crippen molar-refractivity contribution >= 4 is 11.7 Å². The van der Waals surface area contributed by atoms with Gasteiger partial charge in [0, 0.05) is 38.1 Å². The molecule has 0 radical (unpaired) electrons. The number of carbonyl (C=O) groups excluding carboxylic acids is 1. The van der Waals surface area contributed by atoms with Crippen LogP contribution < -0.4 is 5.73 Å². The van der Waals surface area contributed by atoms with Gasteiger partial charge in [-0.25, -0.2) is 4.98 Å². The lowest BCUT2D eigenvalue weighted by molar-refractivity contribution is -0.0684. The number of rotatable bonds is 4. The van der Waals surface area contributed by atoms with Crippen LogP contribution in [0, 0.1) is 0 Å². The number of nitrogen functional groups attached to an aromatic ring is 1. The minimum absolute atomic E-state index is 0.0755. The van der Waals surface area contributed by atoms with Gasteiger partial charge in [-0.3, -0.25) is 9.48 Å². The van der Waals surface area contributed by atoms with Gasteiger partial charge in [-0.15, -0.1) is 0 Å². The van der Waals surface area contributed by atoms with Crippen LogP contribution in [-0.2, 0) is 11.8 Å². The molecule has 0 saturated carbocycles. The van der Waals surface area contributed by atoms with Gasteiger partial charge < -0.3 is 20.3 Å². The van der Waals surface area contributed by atoms with Crippen LogP contribution in [0.2, 0.25) is 0 Å². The number of nitrogens with two attached hydrogens (primary N) is 1. The summed E-state index contributed by atoms with van der Waals surface area (Å²) in [5.74, 6) is 0.321. The summed E-state index contributed by atoms with van der Waals surface area (Å²) < 4.78 is 7.73. The van der Waals surface area contributed by atoms with Crippen LogP contribution in [0.1, 0.15) is 22.0 Å². The SMILES string of the molecule is CN(C)C[C@@H]1OCCN(C(=O)c2ccc(N)nc2)[C@H]1c1cnn(C)c1. The third-order valence-corrected chi connectivity index (χ3v) is 4.26. The number of anilines is 1. The van der Waals surface area contributed by atoms with Crippen molar-refractivity contribution in [2.24, 2.45) is 7.05 Å². The minimum Gasteiger partial charge on any atom is -0.384 e. The average Bonchev–Trinajstić information content (AvgIpc) is 3.00. The van der Waals surface area contributed by atoms with Gasteiger partial charge in [0.25, 0.3) is 5.91 Å². The van der Waals surface area contributed by atoms with E-state index in [-0.39, 0.29) is 18.1 Å². The fraction of sp³-hybridized carbons (Fsp3) is 0.471. The van der Waals surface area contributed by atoms with E-state index in [0.717, 1.165) is 5.56 Å². The van der Waals surface area contributed by atoms with Crippen LogP contribution in [0.3, 0.4) is 0 Å². The van der Waals surface area contributed by atoms with Gasteiger partial charge in [-0.2, -0.15) is 5.10 Å². The zero-order valence-corrected chi connectivity index (χ0v) is 14.8. The van der Waals surface area contributed by atoms with Crippen molar-refractivity contribution in [3.63, 3.8) is 0 Å². The zero-order chi connectivity index (χ0) is 18.0. The Balaban J connectivity index is 1.93. The van der Waals surface area contributed by atoms with Crippen LogP contribution in [-0.4, -0.2) is 70.4 Å². The van der Waals surface area contributed by atoms with Crippen molar-refractivity contribution in [3.8, 4) is 0 Å². The van der Waals surface area contributed by atoms with Gasteiger partial charge >= 0.3 is 0 Å². The van der Waals surface area contributed by atoms with Crippen LogP contribution in [0.4, 0.5) is 5.82 Å². The van der Waals surface area contributed by atoms with Crippen molar-refractivity contribution in [1.29, 1.82) is 0 Å². The predicted octanol–water partition coefficient (Wildman–Crippen LogP) is 0.541. The maximum absolute atomic E-state index is 13.1. The number of carbonyl (C=O) groups is 1. The van der Waals surface area contributed by atoms with Gasteiger partial charge in [-0.05, 0) is 26.2 Å². The molecule has 0 aromatic carbocycles. The minimum atomic E-state index is -0.199. The Labute approximate surface area is 147 Å². The number of pyridine rings is 1. The Kier molecular flexibility index (Phi) is 5.00. The summed E-state index contributed by atoms with van der Waals surface area (Å²) in [5, 5.41) is 4.26. The monoisotopic (exact) mass is 344 g/mol. The second kappa shape index (κ2) is 7.20. The molecule has 0 spiro atoms. The van der Waals surface area contributed by atoms with Crippen molar-refractivity contribution in [3.05, 3.63) is 41.9 Å². The first kappa shape index (κ1) is 17.4. The molecule has 8 nitrogen and oxygen atoms in total. The Bertz CT molecular complexity index is 727. The maximum atomic E-state index is 13.1. The molecule has 3 heterocycles. The molecule has 1 aliphatic rings. The van der Waals surface area contributed by atoms with Gasteiger partial charge in [0.15, 0.2) is 0 Å². The molecule has 134 valence electrons. The molecule has 1 saturated heterocycles. The highest BCUT2D eigenvalue weighted by Gasteiger charge is 2.37. The molecular formula is C17H24N6O2. The van der Waals surface area contributed by atoms with Crippen molar-refractivity contribution in [1.82, 2.24) is 24.6 Å². The van der Waals surface area contributed by atoms with Gasteiger partial charge in [-0.1, -0.05) is 0 Å². The van der Waals surface area contributed by atoms with E-state index in [1.807, 2.05) is 32.2 Å². The second-order valence-electron chi connectivity index (χ2n) is 6.53. The first-order chi connectivity index (χ1) is 12.0. The first-order valence-corrected chi connectivity index (χ1v) is 8.23. The van der Waals surface area contributed by atoms with E-state index in [1.54, 1.807) is 23.0 Å².